The number of carbonyl (C=O) groups is 3. The highest BCUT2D eigenvalue weighted by molar-refractivity contribution is 8.18. The fourth-order valence-electron chi connectivity index (χ4n) is 2.12. The first-order valence-corrected chi connectivity index (χ1v) is 8.43. The molecule has 0 bridgehead atoms. The van der Waals surface area contributed by atoms with Crippen LogP contribution in [-0.2, 0) is 19.1 Å². The smallest absolute Gasteiger partial charge is 0.343 e. The molecule has 8 nitrogen and oxygen atoms in total. The molecule has 1 saturated heterocycles. The van der Waals surface area contributed by atoms with Gasteiger partial charge in [0.1, 0.15) is 0 Å². The molecule has 0 spiro atoms. The molecule has 0 unspecified atom stereocenters. The predicted octanol–water partition coefficient (Wildman–Crippen LogP) is 1.93. The summed E-state index contributed by atoms with van der Waals surface area (Å²) in [5.74, 6) is -0.118. The Balaban J connectivity index is 2.16. The van der Waals surface area contributed by atoms with Crippen LogP contribution in [0, 0.1) is 0 Å². The highest BCUT2D eigenvalue weighted by atomic mass is 32.2. The Morgan fingerprint density at radius 1 is 1.19 bits per heavy atom. The first-order valence-electron chi connectivity index (χ1n) is 7.62. The second-order valence-electron chi connectivity index (χ2n) is 5.10. The van der Waals surface area contributed by atoms with Gasteiger partial charge in [-0.3, -0.25) is 14.5 Å². The largest absolute Gasteiger partial charge is 0.493 e. The van der Waals surface area contributed by atoms with E-state index >= 15 is 0 Å². The molecule has 2 amide bonds. The molecule has 1 aromatic rings. The third-order valence-corrected chi connectivity index (χ3v) is 4.36. The molecule has 1 aromatic carbocycles. The van der Waals surface area contributed by atoms with E-state index in [9.17, 15) is 14.4 Å². The molecule has 1 aliphatic heterocycles. The Morgan fingerprint density at radius 3 is 2.62 bits per heavy atom. The number of ether oxygens (including phenoxy) is 4. The number of methoxy groups -OCH3 is 3. The summed E-state index contributed by atoms with van der Waals surface area (Å²) < 4.78 is 20.0. The van der Waals surface area contributed by atoms with Crippen LogP contribution in [0.3, 0.4) is 0 Å². The molecular weight excluding hydrogens is 362 g/mol. The number of esters is 1. The fourth-order valence-corrected chi connectivity index (χ4v) is 2.98. The average Bonchev–Trinajstić information content (AvgIpc) is 2.91. The SMILES string of the molecule is COCCN1C(=O)S/C(=C/c2ccc(OCC(=O)OC)c(OC)c2)C1=O. The Labute approximate surface area is 155 Å². The van der Waals surface area contributed by atoms with Crippen LogP contribution < -0.4 is 9.47 Å². The molecule has 1 heterocycles. The zero-order valence-electron chi connectivity index (χ0n) is 14.6. The Bertz CT molecular complexity index is 732. The van der Waals surface area contributed by atoms with Gasteiger partial charge in [0.25, 0.3) is 11.1 Å². The van der Waals surface area contributed by atoms with Crippen LogP contribution in [-0.4, -0.2) is 63.1 Å². The summed E-state index contributed by atoms with van der Waals surface area (Å²) in [5.41, 5.74) is 0.657. The molecule has 1 aliphatic rings. The van der Waals surface area contributed by atoms with Crippen LogP contribution in [0.4, 0.5) is 4.79 Å². The van der Waals surface area contributed by atoms with Gasteiger partial charge in [-0.05, 0) is 35.5 Å². The van der Waals surface area contributed by atoms with E-state index in [1.165, 1.54) is 21.3 Å². The molecule has 0 atom stereocenters. The number of amides is 2. The minimum Gasteiger partial charge on any atom is -0.493 e. The second-order valence-corrected chi connectivity index (χ2v) is 6.09. The van der Waals surface area contributed by atoms with Crippen LogP contribution in [0.5, 0.6) is 11.5 Å². The van der Waals surface area contributed by atoms with E-state index in [1.807, 2.05) is 0 Å². The van der Waals surface area contributed by atoms with Crippen LogP contribution in [0.25, 0.3) is 6.08 Å². The standard InChI is InChI=1S/C17H19NO7S/c1-22-7-6-18-16(20)14(26-17(18)21)9-11-4-5-12(13(8-11)23-2)25-10-15(19)24-3/h4-5,8-9H,6-7,10H2,1-3H3/b14-9+. The van der Waals surface area contributed by atoms with E-state index in [2.05, 4.69) is 4.74 Å². The second kappa shape index (κ2) is 9.25. The van der Waals surface area contributed by atoms with Crippen molar-refractivity contribution in [1.82, 2.24) is 4.90 Å². The summed E-state index contributed by atoms with van der Waals surface area (Å²) in [6.07, 6.45) is 1.60. The maximum Gasteiger partial charge on any atom is 0.343 e. The molecule has 0 saturated carbocycles. The van der Waals surface area contributed by atoms with Gasteiger partial charge in [-0.1, -0.05) is 6.07 Å². The van der Waals surface area contributed by atoms with Gasteiger partial charge < -0.3 is 18.9 Å². The predicted molar refractivity (Wildman–Crippen MR) is 95.1 cm³/mol. The van der Waals surface area contributed by atoms with E-state index in [4.69, 9.17) is 14.2 Å². The topological polar surface area (TPSA) is 91.4 Å². The lowest BCUT2D eigenvalue weighted by molar-refractivity contribution is -0.142. The van der Waals surface area contributed by atoms with Crippen molar-refractivity contribution in [3.05, 3.63) is 28.7 Å². The van der Waals surface area contributed by atoms with E-state index in [0.29, 0.717) is 22.0 Å². The maximum absolute atomic E-state index is 12.3. The first-order chi connectivity index (χ1) is 12.5. The van der Waals surface area contributed by atoms with Crippen molar-refractivity contribution in [2.24, 2.45) is 0 Å². The third kappa shape index (κ3) is 4.77. The van der Waals surface area contributed by atoms with Crippen molar-refractivity contribution in [3.8, 4) is 11.5 Å². The van der Waals surface area contributed by atoms with Gasteiger partial charge in [-0.15, -0.1) is 0 Å². The van der Waals surface area contributed by atoms with Crippen molar-refractivity contribution in [2.45, 2.75) is 0 Å². The van der Waals surface area contributed by atoms with Gasteiger partial charge >= 0.3 is 5.97 Å². The van der Waals surface area contributed by atoms with E-state index < -0.39 is 5.97 Å². The van der Waals surface area contributed by atoms with Crippen LogP contribution in [0.2, 0.25) is 0 Å². The van der Waals surface area contributed by atoms with Crippen LogP contribution in [0.1, 0.15) is 5.56 Å². The summed E-state index contributed by atoms with van der Waals surface area (Å²) in [6.45, 7) is 0.248. The summed E-state index contributed by atoms with van der Waals surface area (Å²) in [5, 5.41) is -0.330. The number of benzene rings is 1. The van der Waals surface area contributed by atoms with Crippen molar-refractivity contribution in [1.29, 1.82) is 0 Å². The van der Waals surface area contributed by atoms with Crippen LogP contribution in [0.15, 0.2) is 23.1 Å². The lowest BCUT2D eigenvalue weighted by Crippen LogP contribution is -2.31. The Morgan fingerprint density at radius 2 is 1.96 bits per heavy atom. The summed E-state index contributed by atoms with van der Waals surface area (Å²) in [7, 11) is 4.24. The minimum absolute atomic E-state index is 0.210. The minimum atomic E-state index is -0.513. The van der Waals surface area contributed by atoms with Crippen molar-refractivity contribution < 1.29 is 33.3 Å². The van der Waals surface area contributed by atoms with Crippen molar-refractivity contribution >= 4 is 35.0 Å². The van der Waals surface area contributed by atoms with Gasteiger partial charge in [-0.25, -0.2) is 4.79 Å². The number of hydrogen-bond acceptors (Lipinski definition) is 8. The fraction of sp³-hybridized carbons (Fsp3) is 0.353. The van der Waals surface area contributed by atoms with Gasteiger partial charge in [0.15, 0.2) is 18.1 Å². The highest BCUT2D eigenvalue weighted by Crippen LogP contribution is 2.34. The summed E-state index contributed by atoms with van der Waals surface area (Å²) in [6, 6.07) is 4.96. The zero-order valence-corrected chi connectivity index (χ0v) is 15.5. The lowest BCUT2D eigenvalue weighted by atomic mass is 10.2. The lowest BCUT2D eigenvalue weighted by Gasteiger charge is -2.11. The number of rotatable bonds is 8. The molecule has 1 fully saturated rings. The highest BCUT2D eigenvalue weighted by Gasteiger charge is 2.34. The quantitative estimate of drug-likeness (QED) is 0.498. The molecule has 9 heteroatoms. The number of hydrogen-bond donors (Lipinski definition) is 0. The summed E-state index contributed by atoms with van der Waals surface area (Å²) in [4.78, 5) is 36.9. The average molecular weight is 381 g/mol. The van der Waals surface area contributed by atoms with Gasteiger partial charge in [0.05, 0.1) is 32.3 Å². The molecule has 140 valence electrons. The monoisotopic (exact) mass is 381 g/mol. The molecule has 0 aromatic heterocycles. The molecule has 0 N–H and O–H groups in total. The third-order valence-electron chi connectivity index (χ3n) is 3.45. The number of imide groups is 1. The van der Waals surface area contributed by atoms with E-state index in [-0.39, 0.29) is 30.9 Å². The van der Waals surface area contributed by atoms with Gasteiger partial charge in [0, 0.05) is 7.11 Å². The first kappa shape index (κ1) is 19.8. The maximum atomic E-state index is 12.3. The van der Waals surface area contributed by atoms with E-state index in [0.717, 1.165) is 16.7 Å². The Kier molecular flexibility index (Phi) is 7.05. The normalized spacial score (nSPS) is 15.5. The number of thioether (sulfide) groups is 1. The van der Waals surface area contributed by atoms with Crippen molar-refractivity contribution in [3.63, 3.8) is 0 Å². The van der Waals surface area contributed by atoms with Gasteiger partial charge in [-0.2, -0.15) is 0 Å². The van der Waals surface area contributed by atoms with Gasteiger partial charge in [0.2, 0.25) is 0 Å². The summed E-state index contributed by atoms with van der Waals surface area (Å²) >= 11 is 0.872. The molecule has 2 rings (SSSR count). The molecule has 0 radical (unpaired) electrons. The molecule has 0 aliphatic carbocycles. The van der Waals surface area contributed by atoms with Crippen LogP contribution >= 0.6 is 11.8 Å². The number of nitrogens with zero attached hydrogens (tertiary/aromatic N) is 1. The zero-order chi connectivity index (χ0) is 19.1. The van der Waals surface area contributed by atoms with E-state index in [1.54, 1.807) is 24.3 Å². The Hall–Kier alpha value is -2.52. The molecule has 26 heavy (non-hydrogen) atoms. The van der Waals surface area contributed by atoms with Crippen molar-refractivity contribution in [2.75, 3.05) is 41.1 Å². The number of carbonyl (C=O) groups excluding carboxylic acids is 3. The molecular formula is C17H19NO7S.